The van der Waals surface area contributed by atoms with Crippen molar-refractivity contribution in [3.8, 4) is 17.0 Å². The van der Waals surface area contributed by atoms with Gasteiger partial charge in [0.1, 0.15) is 5.56 Å². The third-order valence-corrected chi connectivity index (χ3v) is 7.24. The molecule has 198 valence electrons. The van der Waals surface area contributed by atoms with Gasteiger partial charge in [-0.1, -0.05) is 55.1 Å². The van der Waals surface area contributed by atoms with Crippen LogP contribution in [-0.2, 0) is 13.2 Å². The summed E-state index contributed by atoms with van der Waals surface area (Å²) in [5, 5.41) is 16.9. The minimum atomic E-state index is -0.293. The van der Waals surface area contributed by atoms with Crippen LogP contribution in [0.25, 0.3) is 16.8 Å². The number of hydrogen-bond acceptors (Lipinski definition) is 8. The number of nitrogen functional groups attached to an aromatic ring is 1. The number of nitrogens with one attached hydrogen (secondary N) is 1. The minimum absolute atomic E-state index is 0.0383. The van der Waals surface area contributed by atoms with Gasteiger partial charge < -0.3 is 20.9 Å². The molecule has 39 heavy (non-hydrogen) atoms. The SMILES string of the molecule is CCCOc1ncc(-c2ccn3nc(N)nc3c2)cc1C(=O)NCc1ccccc1Sc1ccccc1CO. The molecule has 3 aromatic heterocycles. The Kier molecular flexibility index (Phi) is 8.04. The van der Waals surface area contributed by atoms with Gasteiger partial charge in [-0.3, -0.25) is 4.79 Å². The van der Waals surface area contributed by atoms with Gasteiger partial charge in [0, 0.05) is 34.3 Å². The van der Waals surface area contributed by atoms with E-state index in [-0.39, 0.29) is 24.3 Å². The summed E-state index contributed by atoms with van der Waals surface area (Å²) in [4.78, 5) is 24.1. The van der Waals surface area contributed by atoms with Gasteiger partial charge in [-0.25, -0.2) is 9.50 Å². The molecule has 5 rings (SSSR count). The number of anilines is 1. The van der Waals surface area contributed by atoms with Crippen molar-refractivity contribution in [3.63, 3.8) is 0 Å². The van der Waals surface area contributed by atoms with Crippen molar-refractivity contribution in [1.29, 1.82) is 0 Å². The Morgan fingerprint density at radius 2 is 1.79 bits per heavy atom. The summed E-state index contributed by atoms with van der Waals surface area (Å²) >= 11 is 1.56. The van der Waals surface area contributed by atoms with E-state index in [2.05, 4.69) is 20.4 Å². The fourth-order valence-corrected chi connectivity index (χ4v) is 5.10. The molecule has 5 aromatic rings. The van der Waals surface area contributed by atoms with Crippen LogP contribution in [0.15, 0.2) is 88.9 Å². The number of carbonyl (C=O) groups is 1. The molecule has 0 aliphatic carbocycles. The lowest BCUT2D eigenvalue weighted by molar-refractivity contribution is 0.0945. The van der Waals surface area contributed by atoms with E-state index in [1.54, 1.807) is 34.7 Å². The molecule has 0 aliphatic heterocycles. The van der Waals surface area contributed by atoms with Crippen LogP contribution in [-0.4, -0.2) is 37.2 Å². The number of amides is 1. The van der Waals surface area contributed by atoms with Crippen molar-refractivity contribution in [2.75, 3.05) is 12.3 Å². The maximum absolute atomic E-state index is 13.5. The molecule has 9 nitrogen and oxygen atoms in total. The number of aromatic nitrogens is 4. The fraction of sp³-hybridized carbons (Fsp3) is 0.172. The maximum atomic E-state index is 13.5. The number of aliphatic hydroxyl groups is 1. The third kappa shape index (κ3) is 6.02. The van der Waals surface area contributed by atoms with E-state index in [9.17, 15) is 9.90 Å². The van der Waals surface area contributed by atoms with Crippen molar-refractivity contribution in [2.24, 2.45) is 0 Å². The molecule has 2 aromatic carbocycles. The van der Waals surface area contributed by atoms with Crippen molar-refractivity contribution in [2.45, 2.75) is 36.3 Å². The summed E-state index contributed by atoms with van der Waals surface area (Å²) in [6, 6.07) is 21.1. The van der Waals surface area contributed by atoms with Gasteiger partial charge in [0.25, 0.3) is 5.91 Å². The Morgan fingerprint density at radius 3 is 2.56 bits per heavy atom. The number of hydrogen-bond donors (Lipinski definition) is 3. The van der Waals surface area contributed by atoms with Crippen LogP contribution in [0.5, 0.6) is 5.88 Å². The van der Waals surface area contributed by atoms with Gasteiger partial charge in [-0.15, -0.1) is 5.10 Å². The largest absolute Gasteiger partial charge is 0.477 e. The van der Waals surface area contributed by atoms with Crippen LogP contribution < -0.4 is 15.8 Å². The summed E-state index contributed by atoms with van der Waals surface area (Å²) in [5.74, 6) is 0.177. The lowest BCUT2D eigenvalue weighted by Crippen LogP contribution is -2.24. The lowest BCUT2D eigenvalue weighted by Gasteiger charge is -2.14. The number of aliphatic hydroxyl groups excluding tert-OH is 1. The topological polar surface area (TPSA) is 128 Å². The normalized spacial score (nSPS) is 11.0. The average molecular weight is 541 g/mol. The van der Waals surface area contributed by atoms with Gasteiger partial charge in [0.05, 0.1) is 13.2 Å². The fourth-order valence-electron chi connectivity index (χ4n) is 4.04. The molecule has 0 atom stereocenters. The third-order valence-electron chi connectivity index (χ3n) is 6.00. The van der Waals surface area contributed by atoms with Crippen LogP contribution >= 0.6 is 11.8 Å². The van der Waals surface area contributed by atoms with Crippen LogP contribution in [0.1, 0.15) is 34.8 Å². The predicted octanol–water partition coefficient (Wildman–Crippen LogP) is 4.74. The van der Waals surface area contributed by atoms with E-state index < -0.39 is 0 Å². The Morgan fingerprint density at radius 1 is 1.05 bits per heavy atom. The van der Waals surface area contributed by atoms with Crippen LogP contribution in [0, 0.1) is 0 Å². The van der Waals surface area contributed by atoms with Gasteiger partial charge in [-0.05, 0) is 53.4 Å². The second kappa shape index (κ2) is 12.0. The Bertz CT molecular complexity index is 1620. The first-order valence-corrected chi connectivity index (χ1v) is 13.3. The number of fused-ring (bicyclic) bond motifs is 1. The standard InChI is InChI=1S/C29H28N6O3S/c1-2-13-38-28-23(14-22(17-32-28)19-11-12-35-26(15-19)33-29(30)34-35)27(37)31-16-20-7-3-5-9-24(20)39-25-10-6-4-8-21(25)18-36/h3-12,14-15,17,36H,2,13,16,18H2,1H3,(H2,30,34)(H,31,37). The van der Waals surface area contributed by atoms with E-state index in [1.807, 2.05) is 67.6 Å². The zero-order valence-corrected chi connectivity index (χ0v) is 22.2. The second-order valence-electron chi connectivity index (χ2n) is 8.77. The zero-order chi connectivity index (χ0) is 27.2. The molecule has 10 heteroatoms. The first kappa shape index (κ1) is 26.2. The van der Waals surface area contributed by atoms with Crippen LogP contribution in [0.3, 0.4) is 0 Å². The van der Waals surface area contributed by atoms with Gasteiger partial charge in [-0.2, -0.15) is 4.98 Å². The highest BCUT2D eigenvalue weighted by Crippen LogP contribution is 2.33. The molecule has 0 bridgehead atoms. The van der Waals surface area contributed by atoms with E-state index in [4.69, 9.17) is 10.5 Å². The monoisotopic (exact) mass is 540 g/mol. The molecule has 0 unspecified atom stereocenters. The first-order valence-electron chi connectivity index (χ1n) is 12.5. The molecule has 0 radical (unpaired) electrons. The van der Waals surface area contributed by atoms with E-state index in [1.165, 1.54) is 0 Å². The average Bonchev–Trinajstić information content (AvgIpc) is 3.35. The quantitative estimate of drug-likeness (QED) is 0.232. The molecular weight excluding hydrogens is 512 g/mol. The molecule has 0 spiro atoms. The molecule has 0 fully saturated rings. The summed E-state index contributed by atoms with van der Waals surface area (Å²) in [7, 11) is 0. The van der Waals surface area contributed by atoms with Gasteiger partial charge >= 0.3 is 0 Å². The van der Waals surface area contributed by atoms with Crippen molar-refractivity contribution in [1.82, 2.24) is 24.9 Å². The number of nitrogens with two attached hydrogens (primary N) is 1. The van der Waals surface area contributed by atoms with Gasteiger partial charge in [0.15, 0.2) is 5.65 Å². The Labute approximate surface area is 230 Å². The minimum Gasteiger partial charge on any atom is -0.477 e. The molecule has 0 aliphatic rings. The highest BCUT2D eigenvalue weighted by Gasteiger charge is 2.17. The Balaban J connectivity index is 1.39. The first-order chi connectivity index (χ1) is 19.1. The Hall–Kier alpha value is -4.41. The molecule has 0 saturated heterocycles. The highest BCUT2D eigenvalue weighted by atomic mass is 32.2. The van der Waals surface area contributed by atoms with Crippen LogP contribution in [0.4, 0.5) is 5.95 Å². The number of rotatable bonds is 10. The number of ether oxygens (including phenoxy) is 1. The van der Waals surface area contributed by atoms with E-state index >= 15 is 0 Å². The van der Waals surface area contributed by atoms with Crippen molar-refractivity contribution >= 4 is 29.3 Å². The van der Waals surface area contributed by atoms with E-state index in [0.717, 1.165) is 38.5 Å². The van der Waals surface area contributed by atoms with E-state index in [0.29, 0.717) is 24.4 Å². The van der Waals surface area contributed by atoms with Crippen molar-refractivity contribution < 1.29 is 14.6 Å². The smallest absolute Gasteiger partial charge is 0.257 e. The number of carbonyl (C=O) groups excluding carboxylic acids is 1. The van der Waals surface area contributed by atoms with Crippen LogP contribution in [0.2, 0.25) is 0 Å². The summed E-state index contributed by atoms with van der Waals surface area (Å²) in [6.07, 6.45) is 4.23. The second-order valence-corrected chi connectivity index (χ2v) is 9.86. The zero-order valence-electron chi connectivity index (χ0n) is 21.4. The number of benzene rings is 2. The highest BCUT2D eigenvalue weighted by molar-refractivity contribution is 7.99. The summed E-state index contributed by atoms with van der Waals surface area (Å²) in [6.45, 7) is 2.72. The maximum Gasteiger partial charge on any atom is 0.257 e. The molecule has 0 saturated carbocycles. The molecule has 4 N–H and O–H groups in total. The molecular formula is C29H28N6O3S. The molecule has 3 heterocycles. The lowest BCUT2D eigenvalue weighted by atomic mass is 10.1. The predicted molar refractivity (Wildman–Crippen MR) is 151 cm³/mol. The van der Waals surface area contributed by atoms with Gasteiger partial charge in [0.2, 0.25) is 11.8 Å². The number of pyridine rings is 2. The number of nitrogens with zero attached hydrogens (tertiary/aromatic N) is 4. The summed E-state index contributed by atoms with van der Waals surface area (Å²) in [5.41, 5.74) is 10.0. The summed E-state index contributed by atoms with van der Waals surface area (Å²) < 4.78 is 7.40. The molecule has 1 amide bonds. The van der Waals surface area contributed by atoms with Crippen molar-refractivity contribution in [3.05, 3.63) is 95.8 Å².